The summed E-state index contributed by atoms with van der Waals surface area (Å²) >= 11 is 0. The second kappa shape index (κ2) is 6.23. The van der Waals surface area contributed by atoms with Gasteiger partial charge in [0.15, 0.2) is 17.8 Å². The number of benzene rings is 1. The molecule has 0 aliphatic heterocycles. The predicted molar refractivity (Wildman–Crippen MR) is 63.8 cm³/mol. The molecule has 0 aliphatic carbocycles. The highest BCUT2D eigenvalue weighted by molar-refractivity contribution is 5.76. The number of carbonyl (C=O) groups excluding carboxylic acids is 1. The van der Waals surface area contributed by atoms with E-state index in [1.807, 2.05) is 0 Å². The molecule has 0 saturated carbocycles. The lowest BCUT2D eigenvalue weighted by atomic mass is 10.1. The van der Waals surface area contributed by atoms with Crippen molar-refractivity contribution >= 4 is 5.97 Å². The summed E-state index contributed by atoms with van der Waals surface area (Å²) in [7, 11) is 0. The standard InChI is InChI=1S/C12H17NO5/c1-2-11(16)18-12(17)8(13)5-7-3-4-9(14)10(15)6-7/h3-4,6,8,11,14-16H,2,5,13H2,1H3. The fraction of sp³-hybridized carbons (Fsp3) is 0.417. The lowest BCUT2D eigenvalue weighted by Gasteiger charge is -2.14. The third-order valence-electron chi connectivity index (χ3n) is 2.40. The maximum Gasteiger partial charge on any atom is 0.325 e. The van der Waals surface area contributed by atoms with Crippen LogP contribution in [0, 0.1) is 0 Å². The predicted octanol–water partition coefficient (Wildman–Crippen LogP) is 0.239. The Morgan fingerprint density at radius 2 is 2.06 bits per heavy atom. The summed E-state index contributed by atoms with van der Waals surface area (Å²) < 4.78 is 4.67. The first-order valence-corrected chi connectivity index (χ1v) is 5.59. The van der Waals surface area contributed by atoms with E-state index in [1.54, 1.807) is 13.0 Å². The number of phenols is 2. The molecule has 2 unspecified atom stereocenters. The van der Waals surface area contributed by atoms with Crippen molar-refractivity contribution in [3.05, 3.63) is 23.8 Å². The SMILES string of the molecule is CCC(O)OC(=O)C(N)Cc1ccc(O)c(O)c1. The number of hydrogen-bond donors (Lipinski definition) is 4. The Morgan fingerprint density at radius 1 is 1.39 bits per heavy atom. The van der Waals surface area contributed by atoms with Crippen molar-refractivity contribution < 1.29 is 24.9 Å². The zero-order valence-electron chi connectivity index (χ0n) is 10.0. The molecule has 0 aliphatic rings. The molecule has 0 heterocycles. The molecule has 0 amide bonds. The van der Waals surface area contributed by atoms with Crippen LogP contribution < -0.4 is 5.73 Å². The molecule has 2 atom stereocenters. The van der Waals surface area contributed by atoms with Gasteiger partial charge in [0.1, 0.15) is 6.04 Å². The van der Waals surface area contributed by atoms with Gasteiger partial charge in [-0.25, -0.2) is 0 Å². The van der Waals surface area contributed by atoms with E-state index >= 15 is 0 Å². The van der Waals surface area contributed by atoms with Crippen LogP contribution in [-0.4, -0.2) is 33.6 Å². The normalized spacial score (nSPS) is 13.9. The van der Waals surface area contributed by atoms with Crippen LogP contribution in [0.1, 0.15) is 18.9 Å². The second-order valence-corrected chi connectivity index (χ2v) is 3.93. The average molecular weight is 255 g/mol. The highest BCUT2D eigenvalue weighted by Crippen LogP contribution is 2.25. The molecule has 5 N–H and O–H groups in total. The molecule has 1 aromatic rings. The summed E-state index contributed by atoms with van der Waals surface area (Å²) in [6, 6.07) is 3.23. The molecule has 6 nitrogen and oxygen atoms in total. The van der Waals surface area contributed by atoms with Crippen molar-refractivity contribution in [1.29, 1.82) is 0 Å². The van der Waals surface area contributed by atoms with Crippen LogP contribution in [0.5, 0.6) is 11.5 Å². The summed E-state index contributed by atoms with van der Waals surface area (Å²) in [6.45, 7) is 1.67. The van der Waals surface area contributed by atoms with Crippen molar-refractivity contribution in [2.45, 2.75) is 32.1 Å². The number of aliphatic hydroxyl groups is 1. The molecule has 1 aromatic carbocycles. The minimum absolute atomic E-state index is 0.142. The van der Waals surface area contributed by atoms with E-state index in [4.69, 9.17) is 15.9 Å². The molecule has 6 heteroatoms. The monoisotopic (exact) mass is 255 g/mol. The van der Waals surface area contributed by atoms with Crippen molar-refractivity contribution in [1.82, 2.24) is 0 Å². The molecule has 0 saturated heterocycles. The molecule has 18 heavy (non-hydrogen) atoms. The molecule has 0 radical (unpaired) electrons. The average Bonchev–Trinajstić information content (AvgIpc) is 2.33. The van der Waals surface area contributed by atoms with Gasteiger partial charge in [0, 0.05) is 6.42 Å². The Kier molecular flexibility index (Phi) is 4.94. The largest absolute Gasteiger partial charge is 0.504 e. The van der Waals surface area contributed by atoms with Gasteiger partial charge in [0.25, 0.3) is 0 Å². The van der Waals surface area contributed by atoms with Crippen molar-refractivity contribution in [2.24, 2.45) is 5.73 Å². The van der Waals surface area contributed by atoms with Crippen LogP contribution in [-0.2, 0) is 16.0 Å². The summed E-state index contributed by atoms with van der Waals surface area (Å²) in [4.78, 5) is 11.4. The van der Waals surface area contributed by atoms with Crippen molar-refractivity contribution in [2.75, 3.05) is 0 Å². The molecular formula is C12H17NO5. The number of hydrogen-bond acceptors (Lipinski definition) is 6. The number of carbonyl (C=O) groups is 1. The molecule has 0 spiro atoms. The fourth-order valence-electron chi connectivity index (χ4n) is 1.34. The van der Waals surface area contributed by atoms with Gasteiger partial charge in [-0.2, -0.15) is 0 Å². The van der Waals surface area contributed by atoms with E-state index in [1.165, 1.54) is 12.1 Å². The summed E-state index contributed by atoms with van der Waals surface area (Å²) in [5.74, 6) is -1.23. The smallest absolute Gasteiger partial charge is 0.325 e. The van der Waals surface area contributed by atoms with E-state index in [0.29, 0.717) is 12.0 Å². The van der Waals surface area contributed by atoms with Crippen LogP contribution in [0.2, 0.25) is 0 Å². The molecule has 1 rings (SSSR count). The minimum Gasteiger partial charge on any atom is -0.504 e. The van der Waals surface area contributed by atoms with Crippen LogP contribution in [0.3, 0.4) is 0 Å². The third kappa shape index (κ3) is 3.90. The van der Waals surface area contributed by atoms with Crippen LogP contribution in [0.25, 0.3) is 0 Å². The number of aliphatic hydroxyl groups excluding tert-OH is 1. The minimum atomic E-state index is -1.16. The summed E-state index contributed by atoms with van der Waals surface area (Å²) in [6.07, 6.45) is -0.724. The number of aromatic hydroxyl groups is 2. The van der Waals surface area contributed by atoms with E-state index in [9.17, 15) is 9.90 Å². The van der Waals surface area contributed by atoms with Gasteiger partial charge in [-0.1, -0.05) is 13.0 Å². The van der Waals surface area contributed by atoms with E-state index in [-0.39, 0.29) is 17.9 Å². The van der Waals surface area contributed by atoms with Crippen LogP contribution in [0.15, 0.2) is 18.2 Å². The first-order chi connectivity index (χ1) is 8.43. The lowest BCUT2D eigenvalue weighted by molar-refractivity contribution is -0.169. The van der Waals surface area contributed by atoms with Gasteiger partial charge in [-0.15, -0.1) is 0 Å². The zero-order chi connectivity index (χ0) is 13.7. The van der Waals surface area contributed by atoms with Crippen molar-refractivity contribution in [3.8, 4) is 11.5 Å². The summed E-state index contributed by atoms with van der Waals surface area (Å²) in [5, 5.41) is 27.6. The first-order valence-electron chi connectivity index (χ1n) is 5.59. The Hall–Kier alpha value is -1.79. The third-order valence-corrected chi connectivity index (χ3v) is 2.40. The maximum absolute atomic E-state index is 11.4. The molecule has 100 valence electrons. The number of ether oxygens (including phenoxy) is 1. The Labute approximate surface area is 105 Å². The highest BCUT2D eigenvalue weighted by Gasteiger charge is 2.18. The van der Waals surface area contributed by atoms with E-state index in [2.05, 4.69) is 4.74 Å². The quantitative estimate of drug-likeness (QED) is 0.340. The second-order valence-electron chi connectivity index (χ2n) is 3.93. The fourth-order valence-corrected chi connectivity index (χ4v) is 1.34. The number of rotatable bonds is 5. The number of esters is 1. The number of phenolic OH excluding ortho intramolecular Hbond substituents is 2. The molecule has 0 fully saturated rings. The van der Waals surface area contributed by atoms with Gasteiger partial charge in [-0.3, -0.25) is 4.79 Å². The first kappa shape index (κ1) is 14.3. The maximum atomic E-state index is 11.4. The van der Waals surface area contributed by atoms with Crippen LogP contribution in [0.4, 0.5) is 0 Å². The van der Waals surface area contributed by atoms with Gasteiger partial charge < -0.3 is 25.8 Å². The van der Waals surface area contributed by atoms with Gasteiger partial charge >= 0.3 is 5.97 Å². The van der Waals surface area contributed by atoms with E-state index in [0.717, 1.165) is 0 Å². The van der Waals surface area contributed by atoms with Gasteiger partial charge in [0.05, 0.1) is 0 Å². The van der Waals surface area contributed by atoms with E-state index < -0.39 is 18.3 Å². The van der Waals surface area contributed by atoms with Gasteiger partial charge in [0.2, 0.25) is 0 Å². The number of nitrogens with two attached hydrogens (primary N) is 1. The Balaban J connectivity index is 2.60. The molecule has 0 aromatic heterocycles. The highest BCUT2D eigenvalue weighted by atomic mass is 16.6. The van der Waals surface area contributed by atoms with Crippen molar-refractivity contribution in [3.63, 3.8) is 0 Å². The summed E-state index contributed by atoms with van der Waals surface area (Å²) in [5.41, 5.74) is 6.19. The molecular weight excluding hydrogens is 238 g/mol. The van der Waals surface area contributed by atoms with Crippen LogP contribution >= 0.6 is 0 Å². The Bertz CT molecular complexity index is 421. The van der Waals surface area contributed by atoms with Gasteiger partial charge in [-0.05, 0) is 24.1 Å². The molecule has 0 bridgehead atoms. The lowest BCUT2D eigenvalue weighted by Crippen LogP contribution is -2.36. The zero-order valence-corrected chi connectivity index (χ0v) is 10.0. The Morgan fingerprint density at radius 3 is 2.61 bits per heavy atom. The topological polar surface area (TPSA) is 113 Å².